The van der Waals surface area contributed by atoms with Crippen molar-refractivity contribution in [2.24, 2.45) is 0 Å². The van der Waals surface area contributed by atoms with Gasteiger partial charge >= 0.3 is 0 Å². The van der Waals surface area contributed by atoms with Crippen molar-refractivity contribution in [1.29, 1.82) is 0 Å². The van der Waals surface area contributed by atoms with Crippen LogP contribution in [0, 0.1) is 0 Å². The highest BCUT2D eigenvalue weighted by molar-refractivity contribution is 8.00. The molecule has 2 aromatic rings. The van der Waals surface area contributed by atoms with E-state index >= 15 is 0 Å². The molecule has 2 rings (SSSR count). The molecule has 0 aliphatic carbocycles. The van der Waals surface area contributed by atoms with Crippen molar-refractivity contribution in [3.8, 4) is 17.2 Å². The van der Waals surface area contributed by atoms with Crippen LogP contribution in [0.1, 0.15) is 12.5 Å². The smallest absolute Gasteiger partial charge is 0.233 e. The summed E-state index contributed by atoms with van der Waals surface area (Å²) in [6, 6.07) is 13.3. The number of methoxy groups -OCH3 is 3. The van der Waals surface area contributed by atoms with E-state index in [2.05, 4.69) is 5.32 Å². The third-order valence-electron chi connectivity index (χ3n) is 3.66. The highest BCUT2D eigenvalue weighted by atomic mass is 32.2. The van der Waals surface area contributed by atoms with Gasteiger partial charge < -0.3 is 19.5 Å². The minimum Gasteiger partial charge on any atom is -0.497 e. The Labute approximate surface area is 152 Å². The molecule has 5 nitrogen and oxygen atoms in total. The molecule has 134 valence electrons. The number of hydrogen-bond donors (Lipinski definition) is 1. The minimum absolute atomic E-state index is 0.0180. The van der Waals surface area contributed by atoms with E-state index in [-0.39, 0.29) is 11.2 Å². The standard InChI is InChI=1S/C19H23NO4S/c1-13(25-16-9-10-17(23-3)18(11-16)24-4)19(21)20-12-14-5-7-15(22-2)8-6-14/h5-11,13H,12H2,1-4H3,(H,20,21)/t13-/m0/s1. The highest BCUT2D eigenvalue weighted by Gasteiger charge is 2.15. The van der Waals surface area contributed by atoms with Gasteiger partial charge in [0.15, 0.2) is 11.5 Å². The average molecular weight is 361 g/mol. The molecule has 6 heteroatoms. The first kappa shape index (κ1) is 19.0. The Hall–Kier alpha value is -2.34. The number of nitrogens with one attached hydrogen (secondary N) is 1. The van der Waals surface area contributed by atoms with Gasteiger partial charge in [0.25, 0.3) is 0 Å². The molecule has 0 aromatic heterocycles. The number of benzene rings is 2. The molecule has 2 aromatic carbocycles. The van der Waals surface area contributed by atoms with E-state index in [1.54, 1.807) is 21.3 Å². The van der Waals surface area contributed by atoms with Crippen molar-refractivity contribution < 1.29 is 19.0 Å². The summed E-state index contributed by atoms with van der Waals surface area (Å²) in [4.78, 5) is 13.3. The van der Waals surface area contributed by atoms with Crippen molar-refractivity contribution in [3.63, 3.8) is 0 Å². The van der Waals surface area contributed by atoms with Crippen LogP contribution in [-0.4, -0.2) is 32.5 Å². The Morgan fingerprint density at radius 1 is 1.00 bits per heavy atom. The average Bonchev–Trinajstić information content (AvgIpc) is 2.66. The molecule has 0 heterocycles. The van der Waals surface area contributed by atoms with E-state index in [9.17, 15) is 4.79 Å². The Balaban J connectivity index is 1.91. The molecular weight excluding hydrogens is 338 g/mol. The molecule has 1 N–H and O–H groups in total. The van der Waals surface area contributed by atoms with Crippen LogP contribution in [0.25, 0.3) is 0 Å². The summed E-state index contributed by atoms with van der Waals surface area (Å²) < 4.78 is 15.6. The second-order valence-corrected chi connectivity index (χ2v) is 6.76. The molecule has 0 spiro atoms. The normalized spacial score (nSPS) is 11.5. The largest absolute Gasteiger partial charge is 0.497 e. The molecule has 0 fully saturated rings. The molecule has 0 radical (unpaired) electrons. The summed E-state index contributed by atoms with van der Waals surface area (Å²) in [5.74, 6) is 2.10. The van der Waals surface area contributed by atoms with Gasteiger partial charge in [0.1, 0.15) is 5.75 Å². The number of ether oxygens (including phenoxy) is 3. The van der Waals surface area contributed by atoms with Crippen molar-refractivity contribution in [3.05, 3.63) is 48.0 Å². The van der Waals surface area contributed by atoms with Crippen molar-refractivity contribution in [1.82, 2.24) is 5.32 Å². The number of hydrogen-bond acceptors (Lipinski definition) is 5. The zero-order chi connectivity index (χ0) is 18.2. The van der Waals surface area contributed by atoms with Crippen LogP contribution in [0.3, 0.4) is 0 Å². The maximum Gasteiger partial charge on any atom is 0.233 e. The van der Waals surface area contributed by atoms with Gasteiger partial charge in [-0.15, -0.1) is 11.8 Å². The van der Waals surface area contributed by atoms with E-state index in [0.29, 0.717) is 18.0 Å². The highest BCUT2D eigenvalue weighted by Crippen LogP contribution is 2.33. The SMILES string of the molecule is COc1ccc(CNC(=O)[C@H](C)Sc2ccc(OC)c(OC)c2)cc1. The zero-order valence-corrected chi connectivity index (χ0v) is 15.7. The number of thioether (sulfide) groups is 1. The lowest BCUT2D eigenvalue weighted by atomic mass is 10.2. The van der Waals surface area contributed by atoms with Gasteiger partial charge in [-0.3, -0.25) is 4.79 Å². The van der Waals surface area contributed by atoms with Crippen LogP contribution in [0.5, 0.6) is 17.2 Å². The quantitative estimate of drug-likeness (QED) is 0.729. The first-order valence-corrected chi connectivity index (χ1v) is 8.74. The Bertz CT molecular complexity index is 703. The molecule has 0 saturated heterocycles. The lowest BCUT2D eigenvalue weighted by molar-refractivity contribution is -0.120. The number of carbonyl (C=O) groups excluding carboxylic acids is 1. The molecule has 0 bridgehead atoms. The summed E-state index contributed by atoms with van der Waals surface area (Å²) >= 11 is 1.47. The van der Waals surface area contributed by atoms with Gasteiger partial charge in [0.05, 0.1) is 26.6 Å². The van der Waals surface area contributed by atoms with Crippen molar-refractivity contribution in [2.75, 3.05) is 21.3 Å². The first-order valence-electron chi connectivity index (χ1n) is 7.86. The van der Waals surface area contributed by atoms with Crippen molar-refractivity contribution >= 4 is 17.7 Å². The van der Waals surface area contributed by atoms with Crippen LogP contribution in [0.15, 0.2) is 47.4 Å². The van der Waals surface area contributed by atoms with Crippen LogP contribution in [0.4, 0.5) is 0 Å². The third-order valence-corrected chi connectivity index (χ3v) is 4.76. The lowest BCUT2D eigenvalue weighted by Crippen LogP contribution is -2.30. The fourth-order valence-electron chi connectivity index (χ4n) is 2.22. The van der Waals surface area contributed by atoms with E-state index in [1.807, 2.05) is 49.4 Å². The Kier molecular flexibility index (Phi) is 7.01. The summed E-state index contributed by atoms with van der Waals surface area (Å²) in [6.45, 7) is 2.37. The van der Waals surface area contributed by atoms with Gasteiger partial charge in [0.2, 0.25) is 5.91 Å². The summed E-state index contributed by atoms with van der Waals surface area (Å²) in [7, 11) is 4.82. The van der Waals surface area contributed by atoms with Crippen LogP contribution < -0.4 is 19.5 Å². The second-order valence-electron chi connectivity index (χ2n) is 5.34. The molecule has 25 heavy (non-hydrogen) atoms. The van der Waals surface area contributed by atoms with E-state index in [4.69, 9.17) is 14.2 Å². The summed E-state index contributed by atoms with van der Waals surface area (Å²) in [6.07, 6.45) is 0. The van der Waals surface area contributed by atoms with Gasteiger partial charge in [-0.25, -0.2) is 0 Å². The zero-order valence-electron chi connectivity index (χ0n) is 14.9. The molecule has 0 saturated carbocycles. The Morgan fingerprint density at radius 3 is 2.28 bits per heavy atom. The topological polar surface area (TPSA) is 56.8 Å². The fraction of sp³-hybridized carbons (Fsp3) is 0.316. The van der Waals surface area contributed by atoms with Crippen LogP contribution in [0.2, 0.25) is 0 Å². The molecular formula is C19H23NO4S. The van der Waals surface area contributed by atoms with E-state index in [1.165, 1.54) is 11.8 Å². The monoisotopic (exact) mass is 361 g/mol. The van der Waals surface area contributed by atoms with Crippen molar-refractivity contribution in [2.45, 2.75) is 23.6 Å². The molecule has 0 unspecified atom stereocenters. The molecule has 0 aliphatic heterocycles. The van der Waals surface area contributed by atoms with Gasteiger partial charge in [-0.2, -0.15) is 0 Å². The number of amides is 1. The maximum atomic E-state index is 12.3. The lowest BCUT2D eigenvalue weighted by Gasteiger charge is -2.14. The first-order chi connectivity index (χ1) is 12.1. The Morgan fingerprint density at radius 2 is 1.68 bits per heavy atom. The van der Waals surface area contributed by atoms with Gasteiger partial charge in [-0.05, 0) is 42.8 Å². The fourth-order valence-corrected chi connectivity index (χ4v) is 3.14. The van der Waals surface area contributed by atoms with Crippen LogP contribution >= 0.6 is 11.8 Å². The van der Waals surface area contributed by atoms with E-state index in [0.717, 1.165) is 16.2 Å². The van der Waals surface area contributed by atoms with Gasteiger partial charge in [-0.1, -0.05) is 12.1 Å². The molecule has 1 atom stereocenters. The molecule has 0 aliphatic rings. The van der Waals surface area contributed by atoms with Gasteiger partial charge in [0, 0.05) is 11.4 Å². The predicted molar refractivity (Wildman–Crippen MR) is 99.7 cm³/mol. The molecule has 1 amide bonds. The number of carbonyl (C=O) groups is 1. The van der Waals surface area contributed by atoms with Crippen LogP contribution in [-0.2, 0) is 11.3 Å². The maximum absolute atomic E-state index is 12.3. The predicted octanol–water partition coefficient (Wildman–Crippen LogP) is 3.51. The summed E-state index contributed by atoms with van der Waals surface area (Å²) in [5.41, 5.74) is 1.03. The number of rotatable bonds is 8. The van der Waals surface area contributed by atoms with E-state index < -0.39 is 0 Å². The third kappa shape index (κ3) is 5.32. The summed E-state index contributed by atoms with van der Waals surface area (Å²) in [5, 5.41) is 2.73. The minimum atomic E-state index is -0.226. The second kappa shape index (κ2) is 9.22.